The van der Waals surface area contributed by atoms with E-state index in [9.17, 15) is 40.7 Å². The number of carbonyl (C=O) groups is 3. The van der Waals surface area contributed by atoms with Crippen molar-refractivity contribution in [2.24, 2.45) is 5.92 Å². The number of hydrogen-bond donors (Lipinski definition) is 3. The molecule has 0 spiro atoms. The van der Waals surface area contributed by atoms with Gasteiger partial charge in [0.15, 0.2) is 5.82 Å². The minimum absolute atomic E-state index is 0.0525. The molecule has 6 nitrogen and oxygen atoms in total. The highest BCUT2D eigenvalue weighted by Crippen LogP contribution is 2.65. The second-order valence-electron chi connectivity index (χ2n) is 9.57. The van der Waals surface area contributed by atoms with Crippen LogP contribution < -0.4 is 16.0 Å². The molecule has 1 saturated carbocycles. The van der Waals surface area contributed by atoms with E-state index in [2.05, 4.69) is 17.2 Å². The van der Waals surface area contributed by atoms with Gasteiger partial charge < -0.3 is 16.0 Å². The van der Waals surface area contributed by atoms with Crippen LogP contribution in [-0.2, 0) is 20.6 Å². The van der Waals surface area contributed by atoms with Crippen LogP contribution in [0.3, 0.4) is 0 Å². The van der Waals surface area contributed by atoms with E-state index in [-0.39, 0.29) is 27.4 Å². The van der Waals surface area contributed by atoms with Crippen molar-refractivity contribution < 1.29 is 40.7 Å². The zero-order valence-corrected chi connectivity index (χ0v) is 24.7. The Balaban J connectivity index is 1.73. The summed E-state index contributed by atoms with van der Waals surface area (Å²) in [5, 5.41) is 6.50. The van der Waals surface area contributed by atoms with Crippen molar-refractivity contribution in [1.82, 2.24) is 5.32 Å². The predicted octanol–water partition coefficient (Wildman–Crippen LogP) is 7.70. The first kappa shape index (κ1) is 34.0. The highest BCUT2D eigenvalue weighted by molar-refractivity contribution is 6.53. The van der Waals surface area contributed by atoms with E-state index < -0.39 is 74.5 Å². The first-order valence-electron chi connectivity index (χ1n) is 12.1. The van der Waals surface area contributed by atoms with Gasteiger partial charge in [0.05, 0.1) is 22.2 Å². The molecule has 3 N–H and O–H groups in total. The third-order valence-electron chi connectivity index (χ3n) is 6.32. The standard InChI is InChI=1S/C28H22Cl3F6N3O3/c1-11(22(29)13(3)25(42)40-19-8-7-18(33)24(23(19)34)39-14(4)41)9-12(2)38-26(43)21-20(27(21,30)31)15-5-6-17(32)16(10-15)28(35,36)37/h5-10,20-21H,2H2,1,3-4H3,(H,38,43)(H,39,41)(H,40,42)/b11-9-,22-13-/t20-,21+/m0/s1. The SMILES string of the molecule is C=C(/C=C(C)\C(Cl)=C(/C)C(=O)Nc1ccc(F)c(NC(C)=O)c1F)NC(=O)[C@H]1[C@H](c2ccc(F)c(C(F)(F)F)c2)C1(Cl)Cl. The number of benzene rings is 2. The maximum absolute atomic E-state index is 14.7. The fourth-order valence-corrected chi connectivity index (χ4v) is 5.14. The van der Waals surface area contributed by atoms with E-state index in [0.29, 0.717) is 12.1 Å². The van der Waals surface area contributed by atoms with Crippen molar-refractivity contribution in [2.75, 3.05) is 10.6 Å². The van der Waals surface area contributed by atoms with Crippen LogP contribution in [0.25, 0.3) is 0 Å². The minimum Gasteiger partial charge on any atom is -0.326 e. The van der Waals surface area contributed by atoms with Crippen LogP contribution in [0.5, 0.6) is 0 Å². The lowest BCUT2D eigenvalue weighted by Gasteiger charge is -2.13. The molecule has 0 bridgehead atoms. The van der Waals surface area contributed by atoms with Gasteiger partial charge in [0.25, 0.3) is 5.91 Å². The van der Waals surface area contributed by atoms with Gasteiger partial charge in [-0.25, -0.2) is 13.2 Å². The van der Waals surface area contributed by atoms with Crippen LogP contribution >= 0.6 is 34.8 Å². The fourth-order valence-electron chi connectivity index (χ4n) is 4.17. The van der Waals surface area contributed by atoms with Crippen molar-refractivity contribution in [3.05, 3.63) is 93.4 Å². The van der Waals surface area contributed by atoms with Crippen molar-refractivity contribution in [3.8, 4) is 0 Å². The number of rotatable bonds is 8. The number of alkyl halides is 5. The molecule has 230 valence electrons. The second-order valence-corrected chi connectivity index (χ2v) is 11.4. The number of allylic oxidation sites excluding steroid dienone is 3. The third kappa shape index (κ3) is 7.54. The summed E-state index contributed by atoms with van der Waals surface area (Å²) in [6.45, 7) is 7.46. The van der Waals surface area contributed by atoms with Gasteiger partial charge in [-0.05, 0) is 55.3 Å². The lowest BCUT2D eigenvalue weighted by Crippen LogP contribution is -2.25. The number of hydrogen-bond acceptors (Lipinski definition) is 3. The van der Waals surface area contributed by atoms with Gasteiger partial charge in [-0.2, -0.15) is 13.2 Å². The van der Waals surface area contributed by atoms with Gasteiger partial charge >= 0.3 is 6.18 Å². The first-order valence-corrected chi connectivity index (χ1v) is 13.3. The Morgan fingerprint density at radius 1 is 0.977 bits per heavy atom. The molecule has 0 radical (unpaired) electrons. The highest BCUT2D eigenvalue weighted by atomic mass is 35.5. The van der Waals surface area contributed by atoms with Gasteiger partial charge in [-0.15, -0.1) is 23.2 Å². The molecule has 2 aromatic rings. The first-order chi connectivity index (χ1) is 19.8. The maximum atomic E-state index is 14.7. The van der Waals surface area contributed by atoms with Gasteiger partial charge in [-0.1, -0.05) is 24.2 Å². The van der Waals surface area contributed by atoms with E-state index in [4.69, 9.17) is 34.8 Å². The van der Waals surface area contributed by atoms with Crippen LogP contribution in [0.1, 0.15) is 37.8 Å². The Morgan fingerprint density at radius 2 is 1.58 bits per heavy atom. The molecule has 43 heavy (non-hydrogen) atoms. The molecule has 2 aromatic carbocycles. The molecular formula is C28H22Cl3F6N3O3. The average molecular weight is 669 g/mol. The molecule has 0 heterocycles. The lowest BCUT2D eigenvalue weighted by atomic mass is 10.0. The summed E-state index contributed by atoms with van der Waals surface area (Å²) in [6, 6.07) is 4.00. The number of nitrogens with one attached hydrogen (secondary N) is 3. The maximum Gasteiger partial charge on any atom is 0.419 e. The van der Waals surface area contributed by atoms with E-state index in [1.165, 1.54) is 19.9 Å². The zero-order chi connectivity index (χ0) is 32.6. The lowest BCUT2D eigenvalue weighted by molar-refractivity contribution is -0.140. The van der Waals surface area contributed by atoms with Crippen LogP contribution in [0.2, 0.25) is 0 Å². The van der Waals surface area contributed by atoms with Gasteiger partial charge in [0, 0.05) is 24.1 Å². The minimum atomic E-state index is -4.98. The molecule has 1 fully saturated rings. The summed E-state index contributed by atoms with van der Waals surface area (Å²) in [6.07, 6.45) is -3.71. The smallest absolute Gasteiger partial charge is 0.326 e. The quantitative estimate of drug-likeness (QED) is 0.117. The fraction of sp³-hybridized carbons (Fsp3) is 0.250. The average Bonchev–Trinajstić information content (AvgIpc) is 3.48. The predicted molar refractivity (Wildman–Crippen MR) is 151 cm³/mol. The highest BCUT2D eigenvalue weighted by Gasteiger charge is 2.67. The van der Waals surface area contributed by atoms with E-state index in [0.717, 1.165) is 25.1 Å². The van der Waals surface area contributed by atoms with Gasteiger partial charge in [0.2, 0.25) is 11.8 Å². The molecular weight excluding hydrogens is 647 g/mol. The van der Waals surface area contributed by atoms with Crippen LogP contribution in [0.15, 0.2) is 64.9 Å². The molecule has 2 atom stereocenters. The van der Waals surface area contributed by atoms with Crippen LogP contribution in [0, 0.1) is 23.4 Å². The number of carbonyl (C=O) groups excluding carboxylic acids is 3. The monoisotopic (exact) mass is 667 g/mol. The molecule has 0 aliphatic heterocycles. The van der Waals surface area contributed by atoms with Crippen LogP contribution in [0.4, 0.5) is 37.7 Å². The van der Waals surface area contributed by atoms with Crippen molar-refractivity contribution in [1.29, 1.82) is 0 Å². The summed E-state index contributed by atoms with van der Waals surface area (Å²) < 4.78 is 79.9. The summed E-state index contributed by atoms with van der Waals surface area (Å²) in [5.74, 6) is -8.47. The van der Waals surface area contributed by atoms with Crippen molar-refractivity contribution >= 4 is 63.9 Å². The molecule has 0 unspecified atom stereocenters. The van der Waals surface area contributed by atoms with Crippen molar-refractivity contribution in [3.63, 3.8) is 0 Å². The molecule has 15 heteroatoms. The summed E-state index contributed by atoms with van der Waals surface area (Å²) in [4.78, 5) is 36.8. The van der Waals surface area contributed by atoms with E-state index >= 15 is 0 Å². The van der Waals surface area contributed by atoms with E-state index in [1.807, 2.05) is 5.32 Å². The zero-order valence-electron chi connectivity index (χ0n) is 22.5. The van der Waals surface area contributed by atoms with Crippen LogP contribution in [-0.4, -0.2) is 22.1 Å². The molecule has 3 rings (SSSR count). The molecule has 1 aliphatic rings. The molecule has 3 amide bonds. The number of halogens is 9. The Labute approximate surface area is 256 Å². The van der Waals surface area contributed by atoms with E-state index in [1.54, 1.807) is 0 Å². The molecule has 0 saturated heterocycles. The molecule has 1 aliphatic carbocycles. The van der Waals surface area contributed by atoms with Crippen molar-refractivity contribution in [2.45, 2.75) is 37.2 Å². The topological polar surface area (TPSA) is 87.3 Å². The number of anilines is 2. The Hall–Kier alpha value is -3.48. The summed E-state index contributed by atoms with van der Waals surface area (Å²) in [7, 11) is 0. The second kappa shape index (κ2) is 12.6. The third-order valence-corrected chi connectivity index (χ3v) is 7.84. The normalized spacial score (nSPS) is 18.4. The Kier molecular flexibility index (Phi) is 9.99. The van der Waals surface area contributed by atoms with Gasteiger partial charge in [0.1, 0.15) is 21.7 Å². The largest absolute Gasteiger partial charge is 0.419 e. The summed E-state index contributed by atoms with van der Waals surface area (Å²) in [5.41, 5.74) is -2.77. The Bertz CT molecular complexity index is 1590. The number of amides is 3. The summed E-state index contributed by atoms with van der Waals surface area (Å²) >= 11 is 18.7. The molecule has 0 aromatic heterocycles. The van der Waals surface area contributed by atoms with Gasteiger partial charge in [-0.3, -0.25) is 14.4 Å². The Morgan fingerprint density at radius 3 is 2.16 bits per heavy atom.